The van der Waals surface area contributed by atoms with E-state index in [0.717, 1.165) is 0 Å². The predicted molar refractivity (Wildman–Crippen MR) is 46.7 cm³/mol. The minimum Gasteiger partial charge on any atom is -0.478 e. The van der Waals surface area contributed by atoms with Crippen LogP contribution < -0.4 is 9.47 Å². The largest absolute Gasteiger partial charge is 0.573 e. The molecule has 0 fully saturated rings. The van der Waals surface area contributed by atoms with E-state index in [4.69, 9.17) is 5.11 Å². The van der Waals surface area contributed by atoms with Crippen molar-refractivity contribution in [2.24, 2.45) is 0 Å². The molecule has 100 valence electrons. The van der Waals surface area contributed by atoms with Crippen molar-refractivity contribution in [1.82, 2.24) is 0 Å². The third kappa shape index (κ3) is 4.07. The highest BCUT2D eigenvalue weighted by molar-refractivity contribution is 5.91. The molecule has 0 saturated carbocycles. The number of rotatable bonds is 4. The minimum atomic E-state index is -5.02. The zero-order valence-electron chi connectivity index (χ0n) is 8.37. The van der Waals surface area contributed by atoms with Crippen molar-refractivity contribution >= 4 is 5.97 Å². The van der Waals surface area contributed by atoms with Crippen LogP contribution in [0.25, 0.3) is 0 Å². The van der Waals surface area contributed by atoms with E-state index < -0.39 is 36.0 Å². The third-order valence-electron chi connectivity index (χ3n) is 1.63. The van der Waals surface area contributed by atoms with E-state index in [1.165, 1.54) is 0 Å². The maximum absolute atomic E-state index is 12.0. The Morgan fingerprint density at radius 1 is 1.28 bits per heavy atom. The summed E-state index contributed by atoms with van der Waals surface area (Å²) in [6.45, 7) is -3.37. The number of carboxylic acid groups (broad SMARTS) is 1. The Morgan fingerprint density at radius 3 is 2.33 bits per heavy atom. The van der Waals surface area contributed by atoms with Crippen LogP contribution in [0.3, 0.4) is 0 Å². The van der Waals surface area contributed by atoms with Crippen molar-refractivity contribution in [3.63, 3.8) is 0 Å². The molecule has 0 aliphatic rings. The van der Waals surface area contributed by atoms with Crippen molar-refractivity contribution < 1.29 is 41.3 Å². The van der Waals surface area contributed by atoms with Crippen LogP contribution in [0.5, 0.6) is 11.5 Å². The van der Waals surface area contributed by atoms with Gasteiger partial charge in [0.1, 0.15) is 17.1 Å². The van der Waals surface area contributed by atoms with Gasteiger partial charge >= 0.3 is 18.9 Å². The maximum atomic E-state index is 12.0. The second kappa shape index (κ2) is 5.07. The van der Waals surface area contributed by atoms with Crippen LogP contribution in [-0.2, 0) is 0 Å². The lowest BCUT2D eigenvalue weighted by Gasteiger charge is -2.12. The zero-order valence-corrected chi connectivity index (χ0v) is 8.37. The van der Waals surface area contributed by atoms with E-state index in [-0.39, 0.29) is 0 Å². The first-order chi connectivity index (χ1) is 8.19. The lowest BCUT2D eigenvalue weighted by Crippen LogP contribution is -2.17. The molecule has 0 radical (unpaired) electrons. The highest BCUT2D eigenvalue weighted by Crippen LogP contribution is 2.30. The molecular formula is C9H5F5O4. The first-order valence-corrected chi connectivity index (χ1v) is 4.27. The summed E-state index contributed by atoms with van der Waals surface area (Å²) >= 11 is 0. The summed E-state index contributed by atoms with van der Waals surface area (Å²) in [4.78, 5) is 10.6. The summed E-state index contributed by atoms with van der Waals surface area (Å²) in [6.07, 6.45) is -5.02. The van der Waals surface area contributed by atoms with E-state index in [0.29, 0.717) is 18.2 Å². The van der Waals surface area contributed by atoms with Gasteiger partial charge in [-0.3, -0.25) is 0 Å². The fraction of sp³-hybridized carbons (Fsp3) is 0.222. The van der Waals surface area contributed by atoms with Crippen LogP contribution >= 0.6 is 0 Å². The normalized spacial score (nSPS) is 11.4. The molecule has 0 spiro atoms. The second-order valence-corrected chi connectivity index (χ2v) is 2.89. The van der Waals surface area contributed by atoms with Crippen LogP contribution in [-0.4, -0.2) is 24.0 Å². The Bertz CT molecular complexity index is 443. The molecule has 0 bridgehead atoms. The Kier molecular flexibility index (Phi) is 3.94. The molecule has 0 aliphatic carbocycles. The Hall–Kier alpha value is -2.06. The van der Waals surface area contributed by atoms with E-state index >= 15 is 0 Å². The monoisotopic (exact) mass is 272 g/mol. The van der Waals surface area contributed by atoms with Gasteiger partial charge in [-0.25, -0.2) is 4.79 Å². The molecule has 4 nitrogen and oxygen atoms in total. The molecule has 1 N–H and O–H groups in total. The maximum Gasteiger partial charge on any atom is 0.573 e. The lowest BCUT2D eigenvalue weighted by atomic mass is 10.2. The average Bonchev–Trinajstić information content (AvgIpc) is 2.13. The smallest absolute Gasteiger partial charge is 0.478 e. The van der Waals surface area contributed by atoms with Gasteiger partial charge in [-0.15, -0.1) is 13.2 Å². The first-order valence-electron chi connectivity index (χ1n) is 4.27. The number of carboxylic acids is 1. The molecule has 0 aromatic heterocycles. The van der Waals surface area contributed by atoms with E-state index in [9.17, 15) is 26.7 Å². The standard InChI is InChI=1S/C9H5F5O4/c10-8(11)17-6-3-4(18-9(12,13)14)1-2-5(6)7(15)16/h1-3,8H,(H,15,16). The van der Waals surface area contributed by atoms with Crippen LogP contribution in [0.4, 0.5) is 22.0 Å². The van der Waals surface area contributed by atoms with Crippen LogP contribution in [0.1, 0.15) is 10.4 Å². The van der Waals surface area contributed by atoms with E-state index in [1.54, 1.807) is 0 Å². The van der Waals surface area contributed by atoms with Gasteiger partial charge in [0.15, 0.2) is 0 Å². The number of hydrogen-bond donors (Lipinski definition) is 1. The summed E-state index contributed by atoms with van der Waals surface area (Å²) in [6, 6.07) is 1.76. The quantitative estimate of drug-likeness (QED) is 0.856. The molecule has 18 heavy (non-hydrogen) atoms. The molecule has 1 aromatic carbocycles. The van der Waals surface area contributed by atoms with Crippen molar-refractivity contribution in [2.45, 2.75) is 13.0 Å². The molecule has 9 heteroatoms. The molecule has 0 heterocycles. The van der Waals surface area contributed by atoms with E-state index in [2.05, 4.69) is 9.47 Å². The Balaban J connectivity index is 3.09. The van der Waals surface area contributed by atoms with Gasteiger partial charge in [-0.2, -0.15) is 8.78 Å². The number of alkyl halides is 5. The number of aromatic carboxylic acids is 1. The molecule has 0 atom stereocenters. The van der Waals surface area contributed by atoms with Gasteiger partial charge in [0.25, 0.3) is 0 Å². The summed E-state index contributed by atoms with van der Waals surface area (Å²) in [7, 11) is 0. The SMILES string of the molecule is O=C(O)c1ccc(OC(F)(F)F)cc1OC(F)F. The fourth-order valence-corrected chi connectivity index (χ4v) is 1.07. The Labute approximate surface area is 96.5 Å². The summed E-state index contributed by atoms with van der Waals surface area (Å²) in [5.74, 6) is -3.40. The zero-order chi connectivity index (χ0) is 13.9. The van der Waals surface area contributed by atoms with Crippen molar-refractivity contribution in [3.8, 4) is 11.5 Å². The van der Waals surface area contributed by atoms with Crippen molar-refractivity contribution in [1.29, 1.82) is 0 Å². The van der Waals surface area contributed by atoms with Crippen molar-refractivity contribution in [3.05, 3.63) is 23.8 Å². The summed E-state index contributed by atoms with van der Waals surface area (Å²) in [5.41, 5.74) is -0.704. The highest BCUT2D eigenvalue weighted by atomic mass is 19.4. The highest BCUT2D eigenvalue weighted by Gasteiger charge is 2.31. The van der Waals surface area contributed by atoms with Gasteiger partial charge in [0.05, 0.1) is 0 Å². The minimum absolute atomic E-state index is 0.420. The molecule has 1 rings (SSSR count). The summed E-state index contributed by atoms with van der Waals surface area (Å²) in [5, 5.41) is 8.61. The number of halogens is 5. The average molecular weight is 272 g/mol. The molecule has 0 aliphatic heterocycles. The Morgan fingerprint density at radius 2 is 1.89 bits per heavy atom. The molecular weight excluding hydrogens is 267 g/mol. The van der Waals surface area contributed by atoms with E-state index in [1.807, 2.05) is 0 Å². The number of hydrogen-bond acceptors (Lipinski definition) is 3. The topological polar surface area (TPSA) is 55.8 Å². The van der Waals surface area contributed by atoms with Gasteiger partial charge in [0, 0.05) is 6.07 Å². The first kappa shape index (κ1) is 14.0. The van der Waals surface area contributed by atoms with Gasteiger partial charge < -0.3 is 14.6 Å². The van der Waals surface area contributed by atoms with Crippen molar-refractivity contribution in [2.75, 3.05) is 0 Å². The molecule has 0 saturated heterocycles. The number of benzene rings is 1. The van der Waals surface area contributed by atoms with Crippen LogP contribution in [0, 0.1) is 0 Å². The van der Waals surface area contributed by atoms with Gasteiger partial charge in [-0.1, -0.05) is 0 Å². The number of carbonyl (C=O) groups is 1. The molecule has 0 amide bonds. The number of ether oxygens (including phenoxy) is 2. The van der Waals surface area contributed by atoms with Gasteiger partial charge in [0.2, 0.25) is 0 Å². The van der Waals surface area contributed by atoms with Crippen LogP contribution in [0.15, 0.2) is 18.2 Å². The molecule has 1 aromatic rings. The predicted octanol–water partition coefficient (Wildman–Crippen LogP) is 2.88. The second-order valence-electron chi connectivity index (χ2n) is 2.89. The van der Waals surface area contributed by atoms with Gasteiger partial charge in [-0.05, 0) is 12.1 Å². The molecule has 0 unspecified atom stereocenters. The fourth-order valence-electron chi connectivity index (χ4n) is 1.07. The van der Waals surface area contributed by atoms with Crippen LogP contribution in [0.2, 0.25) is 0 Å². The lowest BCUT2D eigenvalue weighted by molar-refractivity contribution is -0.274. The summed E-state index contributed by atoms with van der Waals surface area (Å²) < 4.78 is 66.8. The third-order valence-corrected chi connectivity index (χ3v) is 1.63.